The van der Waals surface area contributed by atoms with E-state index in [9.17, 15) is 4.79 Å². The van der Waals surface area contributed by atoms with Gasteiger partial charge >= 0.3 is 0 Å². The summed E-state index contributed by atoms with van der Waals surface area (Å²) in [7, 11) is 0. The van der Waals surface area contributed by atoms with Crippen LogP contribution in [0.4, 0.5) is 11.6 Å². The van der Waals surface area contributed by atoms with E-state index in [0.29, 0.717) is 12.2 Å². The number of pyridine rings is 2. The fraction of sp³-hybridized carbons (Fsp3) is 0.250. The Kier molecular flexibility index (Phi) is 5.37. The molecular weight excluding hydrogens is 354 g/mol. The van der Waals surface area contributed by atoms with E-state index in [2.05, 4.69) is 35.1 Å². The molecular formula is C20H21N7O. The van der Waals surface area contributed by atoms with Crippen molar-refractivity contribution in [2.24, 2.45) is 0 Å². The highest BCUT2D eigenvalue weighted by atomic mass is 16.1. The second-order valence-electron chi connectivity index (χ2n) is 6.46. The summed E-state index contributed by atoms with van der Waals surface area (Å²) >= 11 is 0. The Bertz CT molecular complexity index is 895. The van der Waals surface area contributed by atoms with Crippen LogP contribution in [-0.2, 0) is 6.54 Å². The van der Waals surface area contributed by atoms with E-state index in [1.165, 1.54) is 6.20 Å². The van der Waals surface area contributed by atoms with Crippen molar-refractivity contribution in [1.82, 2.24) is 25.3 Å². The van der Waals surface area contributed by atoms with E-state index in [0.717, 1.165) is 43.4 Å². The lowest BCUT2D eigenvalue weighted by Gasteiger charge is -2.35. The van der Waals surface area contributed by atoms with Crippen LogP contribution in [0, 0.1) is 0 Å². The number of hydrogen-bond acceptors (Lipinski definition) is 7. The van der Waals surface area contributed by atoms with E-state index in [1.54, 1.807) is 18.6 Å². The monoisotopic (exact) mass is 375 g/mol. The van der Waals surface area contributed by atoms with E-state index < -0.39 is 0 Å². The zero-order chi connectivity index (χ0) is 19.2. The Morgan fingerprint density at radius 1 is 0.857 bits per heavy atom. The molecule has 1 aliphatic heterocycles. The molecule has 1 saturated heterocycles. The number of amides is 1. The van der Waals surface area contributed by atoms with Gasteiger partial charge < -0.3 is 15.1 Å². The minimum absolute atomic E-state index is 0.240. The third-order valence-corrected chi connectivity index (χ3v) is 4.65. The zero-order valence-electron chi connectivity index (χ0n) is 15.4. The Morgan fingerprint density at radius 2 is 1.61 bits per heavy atom. The maximum atomic E-state index is 12.2. The number of anilines is 2. The van der Waals surface area contributed by atoms with Gasteiger partial charge in [0, 0.05) is 51.3 Å². The first-order valence-electron chi connectivity index (χ1n) is 9.20. The maximum absolute atomic E-state index is 12.2. The molecule has 1 fully saturated rings. The largest absolute Gasteiger partial charge is 0.353 e. The van der Waals surface area contributed by atoms with Gasteiger partial charge in [0.15, 0.2) is 0 Å². The average molecular weight is 375 g/mol. The molecule has 1 amide bonds. The van der Waals surface area contributed by atoms with Crippen LogP contribution in [0.1, 0.15) is 16.1 Å². The van der Waals surface area contributed by atoms with Crippen molar-refractivity contribution in [1.29, 1.82) is 0 Å². The van der Waals surface area contributed by atoms with Crippen LogP contribution in [0.25, 0.3) is 0 Å². The summed E-state index contributed by atoms with van der Waals surface area (Å²) in [4.78, 5) is 33.8. The predicted molar refractivity (Wildman–Crippen MR) is 106 cm³/mol. The molecule has 0 unspecified atom stereocenters. The quantitative estimate of drug-likeness (QED) is 0.723. The predicted octanol–water partition coefficient (Wildman–Crippen LogP) is 1.52. The minimum atomic E-state index is -0.240. The van der Waals surface area contributed by atoms with E-state index in [-0.39, 0.29) is 5.91 Å². The van der Waals surface area contributed by atoms with Crippen LogP contribution in [-0.4, -0.2) is 52.0 Å². The lowest BCUT2D eigenvalue weighted by Crippen LogP contribution is -2.47. The third kappa shape index (κ3) is 4.22. The molecule has 3 aromatic heterocycles. The summed E-state index contributed by atoms with van der Waals surface area (Å²) in [6.07, 6.45) is 8.40. The van der Waals surface area contributed by atoms with Gasteiger partial charge in [0.05, 0.1) is 12.4 Å². The molecule has 28 heavy (non-hydrogen) atoms. The lowest BCUT2D eigenvalue weighted by atomic mass is 10.2. The van der Waals surface area contributed by atoms with E-state index in [4.69, 9.17) is 0 Å². The van der Waals surface area contributed by atoms with Crippen molar-refractivity contribution >= 4 is 17.5 Å². The standard InChI is InChI=1S/C20H21N7O/c28-20(25-13-16-4-7-21-8-5-16)17-14-24-19(15-23-17)27-11-9-26(10-12-27)18-3-1-2-6-22-18/h1-8,14-15H,9-13H2,(H,25,28). The smallest absolute Gasteiger partial charge is 0.271 e. The minimum Gasteiger partial charge on any atom is -0.353 e. The summed E-state index contributed by atoms with van der Waals surface area (Å²) in [5.41, 5.74) is 1.30. The van der Waals surface area contributed by atoms with Crippen molar-refractivity contribution < 1.29 is 4.79 Å². The van der Waals surface area contributed by atoms with Crippen LogP contribution in [0.2, 0.25) is 0 Å². The lowest BCUT2D eigenvalue weighted by molar-refractivity contribution is 0.0945. The second-order valence-corrected chi connectivity index (χ2v) is 6.46. The van der Waals surface area contributed by atoms with Gasteiger partial charge in [-0.3, -0.25) is 9.78 Å². The van der Waals surface area contributed by atoms with Crippen molar-refractivity contribution in [3.63, 3.8) is 0 Å². The summed E-state index contributed by atoms with van der Waals surface area (Å²) in [5, 5.41) is 2.84. The van der Waals surface area contributed by atoms with Crippen LogP contribution in [0.3, 0.4) is 0 Å². The fourth-order valence-electron chi connectivity index (χ4n) is 3.08. The summed E-state index contributed by atoms with van der Waals surface area (Å²) < 4.78 is 0. The molecule has 0 radical (unpaired) electrons. The second kappa shape index (κ2) is 8.43. The number of nitrogens with one attached hydrogen (secondary N) is 1. The maximum Gasteiger partial charge on any atom is 0.271 e. The van der Waals surface area contributed by atoms with Gasteiger partial charge in [-0.2, -0.15) is 0 Å². The molecule has 1 N–H and O–H groups in total. The van der Waals surface area contributed by atoms with Crippen molar-refractivity contribution in [3.05, 3.63) is 72.6 Å². The molecule has 0 atom stereocenters. The first-order valence-corrected chi connectivity index (χ1v) is 9.20. The van der Waals surface area contributed by atoms with Crippen LogP contribution < -0.4 is 15.1 Å². The molecule has 1 aliphatic rings. The number of piperazine rings is 1. The molecule has 4 heterocycles. The van der Waals surface area contributed by atoms with Gasteiger partial charge in [0.25, 0.3) is 5.91 Å². The molecule has 0 spiro atoms. The highest BCUT2D eigenvalue weighted by Crippen LogP contribution is 2.16. The molecule has 0 aromatic carbocycles. The molecule has 0 bridgehead atoms. The topological polar surface area (TPSA) is 87.1 Å². The van der Waals surface area contributed by atoms with Crippen molar-refractivity contribution in [2.75, 3.05) is 36.0 Å². The van der Waals surface area contributed by atoms with Gasteiger partial charge in [0.1, 0.15) is 17.3 Å². The van der Waals surface area contributed by atoms with Crippen LogP contribution in [0.5, 0.6) is 0 Å². The van der Waals surface area contributed by atoms with E-state index >= 15 is 0 Å². The van der Waals surface area contributed by atoms with Crippen molar-refractivity contribution in [2.45, 2.75) is 6.54 Å². The van der Waals surface area contributed by atoms with Gasteiger partial charge in [0.2, 0.25) is 0 Å². The summed E-state index contributed by atoms with van der Waals surface area (Å²) in [6, 6.07) is 9.66. The zero-order valence-corrected chi connectivity index (χ0v) is 15.4. The van der Waals surface area contributed by atoms with Crippen LogP contribution in [0.15, 0.2) is 61.3 Å². The van der Waals surface area contributed by atoms with Crippen molar-refractivity contribution in [3.8, 4) is 0 Å². The number of aromatic nitrogens is 4. The fourth-order valence-corrected chi connectivity index (χ4v) is 3.08. The summed E-state index contributed by atoms with van der Waals surface area (Å²) in [6.45, 7) is 3.83. The van der Waals surface area contributed by atoms with Gasteiger partial charge in [-0.05, 0) is 29.8 Å². The molecule has 4 rings (SSSR count). The van der Waals surface area contributed by atoms with E-state index in [1.807, 2.05) is 36.5 Å². The molecule has 142 valence electrons. The number of carbonyl (C=O) groups excluding carboxylic acids is 1. The van der Waals surface area contributed by atoms with Gasteiger partial charge in [-0.25, -0.2) is 15.0 Å². The first-order chi connectivity index (χ1) is 13.8. The Hall–Kier alpha value is -3.55. The molecule has 8 heteroatoms. The van der Waals surface area contributed by atoms with Gasteiger partial charge in [-0.1, -0.05) is 6.07 Å². The van der Waals surface area contributed by atoms with Crippen LogP contribution >= 0.6 is 0 Å². The van der Waals surface area contributed by atoms with Gasteiger partial charge in [-0.15, -0.1) is 0 Å². The highest BCUT2D eigenvalue weighted by molar-refractivity contribution is 5.91. The summed E-state index contributed by atoms with van der Waals surface area (Å²) in [5.74, 6) is 1.54. The Balaban J connectivity index is 1.31. The number of hydrogen-bond donors (Lipinski definition) is 1. The Labute approximate surface area is 163 Å². The molecule has 8 nitrogen and oxygen atoms in total. The number of rotatable bonds is 5. The molecule has 0 aliphatic carbocycles. The average Bonchev–Trinajstić information content (AvgIpc) is 2.79. The normalized spacial score (nSPS) is 14.0. The number of carbonyl (C=O) groups is 1. The molecule has 0 saturated carbocycles. The first kappa shape index (κ1) is 17.8. The third-order valence-electron chi connectivity index (χ3n) is 4.65. The SMILES string of the molecule is O=C(NCc1ccncc1)c1cnc(N2CCN(c3ccccn3)CC2)cn1. The number of nitrogens with zero attached hydrogens (tertiary/aromatic N) is 6. The Morgan fingerprint density at radius 3 is 2.25 bits per heavy atom. The molecule has 3 aromatic rings. The highest BCUT2D eigenvalue weighted by Gasteiger charge is 2.19.